The Morgan fingerprint density at radius 1 is 1.07 bits per heavy atom. The molecule has 78 valence electrons. The van der Waals surface area contributed by atoms with Crippen molar-refractivity contribution >= 4 is 10.7 Å². The van der Waals surface area contributed by atoms with Gasteiger partial charge in [0.25, 0.3) is 0 Å². The summed E-state index contributed by atoms with van der Waals surface area (Å²) in [5, 5.41) is 0. The summed E-state index contributed by atoms with van der Waals surface area (Å²) in [4.78, 5) is 0. The van der Waals surface area contributed by atoms with Gasteiger partial charge in [0.15, 0.2) is 0 Å². The van der Waals surface area contributed by atoms with Crippen molar-refractivity contribution in [2.75, 3.05) is 0 Å². The molecule has 3 heteroatoms. The molecule has 2 nitrogen and oxygen atoms in total. The van der Waals surface area contributed by atoms with Gasteiger partial charge in [-0.2, -0.15) is 0 Å². The average molecular weight is 212 g/mol. The largest absolute Gasteiger partial charge is 0.232 e. The highest BCUT2D eigenvalue weighted by Gasteiger charge is 1.95. The minimum atomic E-state index is -2.30. The topological polar surface area (TPSA) is 34.1 Å². The van der Waals surface area contributed by atoms with Crippen LogP contribution in [0, 0.1) is 0 Å². The average Bonchev–Trinajstić information content (AvgIpc) is 2.16. The van der Waals surface area contributed by atoms with Gasteiger partial charge in [-0.25, -0.2) is 8.42 Å². The lowest BCUT2D eigenvalue weighted by molar-refractivity contribution is 0.614. The van der Waals surface area contributed by atoms with Crippen LogP contribution in [-0.4, -0.2) is 8.42 Å². The maximum atomic E-state index is 10.5. The molecule has 1 aromatic carbocycles. The SMILES string of the molecule is CCCCc1ccc(C[SH](=O)=O)cc1. The zero-order valence-corrected chi connectivity index (χ0v) is 9.30. The Hall–Kier alpha value is -0.830. The van der Waals surface area contributed by atoms with Gasteiger partial charge in [-0.1, -0.05) is 37.6 Å². The summed E-state index contributed by atoms with van der Waals surface area (Å²) >= 11 is 0. The highest BCUT2D eigenvalue weighted by molar-refractivity contribution is 7.71. The molecule has 0 spiro atoms. The second kappa shape index (κ2) is 5.81. The van der Waals surface area contributed by atoms with Crippen molar-refractivity contribution in [2.24, 2.45) is 0 Å². The first-order chi connectivity index (χ1) is 6.72. The molecule has 0 unspecified atom stereocenters. The van der Waals surface area contributed by atoms with Gasteiger partial charge in [0, 0.05) is 0 Å². The van der Waals surface area contributed by atoms with Gasteiger partial charge in [-0.15, -0.1) is 0 Å². The number of rotatable bonds is 5. The van der Waals surface area contributed by atoms with Crippen LogP contribution in [0.4, 0.5) is 0 Å². The first-order valence-corrected chi connectivity index (χ1v) is 6.28. The third-order valence-corrected chi connectivity index (χ3v) is 2.78. The van der Waals surface area contributed by atoms with Gasteiger partial charge in [0.1, 0.15) is 10.7 Å². The van der Waals surface area contributed by atoms with E-state index >= 15 is 0 Å². The lowest BCUT2D eigenvalue weighted by atomic mass is 10.1. The fourth-order valence-corrected chi connectivity index (χ4v) is 1.85. The van der Waals surface area contributed by atoms with E-state index in [1.165, 1.54) is 18.4 Å². The molecule has 0 fully saturated rings. The molecule has 0 aromatic heterocycles. The second-order valence-corrected chi connectivity index (χ2v) is 4.39. The number of hydrogen-bond acceptors (Lipinski definition) is 2. The Bertz CT molecular complexity index is 331. The van der Waals surface area contributed by atoms with E-state index in [2.05, 4.69) is 6.92 Å². The van der Waals surface area contributed by atoms with Crippen molar-refractivity contribution in [1.82, 2.24) is 0 Å². The monoisotopic (exact) mass is 212 g/mol. The van der Waals surface area contributed by atoms with Gasteiger partial charge in [-0.3, -0.25) is 0 Å². The Balaban J connectivity index is 2.59. The molecule has 0 bridgehead atoms. The fourth-order valence-electron chi connectivity index (χ4n) is 1.34. The summed E-state index contributed by atoms with van der Waals surface area (Å²) in [6.45, 7) is 2.16. The summed E-state index contributed by atoms with van der Waals surface area (Å²) in [5.74, 6) is 0.156. The minimum Gasteiger partial charge on any atom is -0.232 e. The predicted molar refractivity (Wildman–Crippen MR) is 59.1 cm³/mol. The molecule has 1 rings (SSSR count). The quantitative estimate of drug-likeness (QED) is 0.759. The molecule has 0 saturated carbocycles. The highest BCUT2D eigenvalue weighted by atomic mass is 32.2. The minimum absolute atomic E-state index is 0.156. The van der Waals surface area contributed by atoms with Crippen LogP contribution >= 0.6 is 0 Å². The lowest BCUT2D eigenvalue weighted by Gasteiger charge is -2.00. The molecule has 0 aliphatic heterocycles. The van der Waals surface area contributed by atoms with E-state index in [0.29, 0.717) is 0 Å². The van der Waals surface area contributed by atoms with E-state index in [1.54, 1.807) is 0 Å². The third kappa shape index (κ3) is 3.92. The third-order valence-electron chi connectivity index (χ3n) is 2.15. The zero-order chi connectivity index (χ0) is 10.4. The van der Waals surface area contributed by atoms with E-state index in [9.17, 15) is 8.42 Å². The highest BCUT2D eigenvalue weighted by Crippen LogP contribution is 2.08. The van der Waals surface area contributed by atoms with E-state index in [1.807, 2.05) is 24.3 Å². The van der Waals surface area contributed by atoms with E-state index in [4.69, 9.17) is 0 Å². The number of benzene rings is 1. The van der Waals surface area contributed by atoms with Crippen molar-refractivity contribution in [3.63, 3.8) is 0 Å². The second-order valence-electron chi connectivity index (χ2n) is 3.41. The molecule has 1 aromatic rings. The first kappa shape index (κ1) is 11.2. The Morgan fingerprint density at radius 2 is 1.64 bits per heavy atom. The Morgan fingerprint density at radius 3 is 2.14 bits per heavy atom. The van der Waals surface area contributed by atoms with Crippen LogP contribution in [-0.2, 0) is 22.9 Å². The first-order valence-electron chi connectivity index (χ1n) is 4.92. The van der Waals surface area contributed by atoms with Crippen molar-refractivity contribution < 1.29 is 8.42 Å². The Kier molecular flexibility index (Phi) is 4.66. The van der Waals surface area contributed by atoms with Crippen LogP contribution in [0.2, 0.25) is 0 Å². The van der Waals surface area contributed by atoms with Gasteiger partial charge < -0.3 is 0 Å². The predicted octanol–water partition coefficient (Wildman–Crippen LogP) is 2.14. The smallest absolute Gasteiger partial charge is 0.144 e. The number of unbranched alkanes of at least 4 members (excludes halogenated alkanes) is 1. The molecule has 0 atom stereocenters. The molecule has 0 heterocycles. The summed E-state index contributed by atoms with van der Waals surface area (Å²) in [6, 6.07) is 7.83. The maximum Gasteiger partial charge on any atom is 0.144 e. The van der Waals surface area contributed by atoms with Crippen LogP contribution in [0.5, 0.6) is 0 Å². The molecule has 0 aliphatic carbocycles. The number of aryl methyl sites for hydroxylation is 1. The molecular weight excluding hydrogens is 196 g/mol. The van der Waals surface area contributed by atoms with Crippen LogP contribution < -0.4 is 0 Å². The standard InChI is InChI=1S/C11H16O2S/c1-2-3-4-10-5-7-11(8-6-10)9-14(12)13/h5-8,14H,2-4,9H2,1H3. The summed E-state index contributed by atoms with van der Waals surface area (Å²) in [7, 11) is -2.30. The van der Waals surface area contributed by atoms with Crippen LogP contribution in [0.15, 0.2) is 24.3 Å². The van der Waals surface area contributed by atoms with Gasteiger partial charge in [0.2, 0.25) is 0 Å². The summed E-state index contributed by atoms with van der Waals surface area (Å²) < 4.78 is 20.9. The lowest BCUT2D eigenvalue weighted by Crippen LogP contribution is -1.89. The van der Waals surface area contributed by atoms with E-state index in [-0.39, 0.29) is 5.75 Å². The van der Waals surface area contributed by atoms with Gasteiger partial charge in [-0.05, 0) is 24.0 Å². The molecule has 0 radical (unpaired) electrons. The van der Waals surface area contributed by atoms with Crippen LogP contribution in [0.25, 0.3) is 0 Å². The number of thiol groups is 1. The fraction of sp³-hybridized carbons (Fsp3) is 0.455. The molecule has 0 N–H and O–H groups in total. The molecule has 14 heavy (non-hydrogen) atoms. The summed E-state index contributed by atoms with van der Waals surface area (Å²) in [5.41, 5.74) is 2.16. The van der Waals surface area contributed by atoms with Gasteiger partial charge in [0.05, 0.1) is 5.75 Å². The maximum absolute atomic E-state index is 10.5. The summed E-state index contributed by atoms with van der Waals surface area (Å²) in [6.07, 6.45) is 3.46. The van der Waals surface area contributed by atoms with Crippen molar-refractivity contribution in [3.8, 4) is 0 Å². The molecule has 0 amide bonds. The molecule has 0 saturated heterocycles. The van der Waals surface area contributed by atoms with Gasteiger partial charge >= 0.3 is 0 Å². The van der Waals surface area contributed by atoms with Crippen molar-refractivity contribution in [3.05, 3.63) is 35.4 Å². The van der Waals surface area contributed by atoms with Crippen LogP contribution in [0.1, 0.15) is 30.9 Å². The zero-order valence-electron chi connectivity index (χ0n) is 8.40. The van der Waals surface area contributed by atoms with Crippen molar-refractivity contribution in [1.29, 1.82) is 0 Å². The van der Waals surface area contributed by atoms with Crippen LogP contribution in [0.3, 0.4) is 0 Å². The number of hydrogen-bond donors (Lipinski definition) is 1. The molecule has 0 aliphatic rings. The molecular formula is C11H16O2S. The van der Waals surface area contributed by atoms with E-state index < -0.39 is 10.7 Å². The normalized spacial score (nSPS) is 10.7. The van der Waals surface area contributed by atoms with E-state index in [0.717, 1.165) is 12.0 Å². The van der Waals surface area contributed by atoms with Crippen molar-refractivity contribution in [2.45, 2.75) is 31.9 Å². The Labute approximate surface area is 86.9 Å².